The van der Waals surface area contributed by atoms with E-state index in [0.29, 0.717) is 11.6 Å². The molecule has 192 valence electrons. The number of para-hydroxylation sites is 1. The summed E-state index contributed by atoms with van der Waals surface area (Å²) in [5, 5.41) is 13.0. The lowest BCUT2D eigenvalue weighted by Gasteiger charge is -2.37. The number of nitrogens with zero attached hydrogens (tertiary/aromatic N) is 4. The highest BCUT2D eigenvalue weighted by molar-refractivity contribution is 5.97. The maximum Gasteiger partial charge on any atom is 0.254 e. The Balaban J connectivity index is 1.39. The predicted octanol–water partition coefficient (Wildman–Crippen LogP) is 5.29. The molecule has 0 saturated carbocycles. The molecule has 2 fully saturated rings. The average molecular weight is 496 g/mol. The Kier molecular flexibility index (Phi) is 8.35. The second-order valence-corrected chi connectivity index (χ2v) is 9.88. The van der Waals surface area contributed by atoms with Gasteiger partial charge in [-0.3, -0.25) is 4.79 Å². The monoisotopic (exact) mass is 495 g/mol. The second kappa shape index (κ2) is 11.8. The zero-order valence-electron chi connectivity index (χ0n) is 22.0. The number of carbonyl (C=O) groups excluding carboxylic acids is 1. The second-order valence-electron chi connectivity index (χ2n) is 9.88. The van der Waals surface area contributed by atoms with Gasteiger partial charge in [-0.05, 0) is 62.1 Å². The summed E-state index contributed by atoms with van der Waals surface area (Å²) in [7, 11) is 0. The van der Waals surface area contributed by atoms with Crippen LogP contribution in [0.1, 0.15) is 34.3 Å². The Morgan fingerprint density at radius 2 is 1.68 bits per heavy atom. The molecule has 2 aliphatic heterocycles. The summed E-state index contributed by atoms with van der Waals surface area (Å²) in [6.07, 6.45) is 5.44. The zero-order valence-corrected chi connectivity index (χ0v) is 22.0. The van der Waals surface area contributed by atoms with Gasteiger partial charge in [0.15, 0.2) is 0 Å². The van der Waals surface area contributed by atoms with Crippen molar-refractivity contribution >= 4 is 17.3 Å². The number of nitrogens with one attached hydrogen (secondary N) is 1. The van der Waals surface area contributed by atoms with Crippen molar-refractivity contribution in [3.8, 4) is 6.07 Å². The molecule has 1 amide bonds. The fourth-order valence-corrected chi connectivity index (χ4v) is 5.27. The highest BCUT2D eigenvalue weighted by Gasteiger charge is 2.26. The van der Waals surface area contributed by atoms with Crippen LogP contribution in [0.15, 0.2) is 79.0 Å². The summed E-state index contributed by atoms with van der Waals surface area (Å²) >= 11 is 0. The van der Waals surface area contributed by atoms with E-state index in [4.69, 9.17) is 0 Å². The standard InChI is InChI=1S/C31H37N5O/c1-5-9-30(25(4)22-32)35-14-12-26(13-15-35)33-29-21-28(23(2)20-24(29)3)31(37)36-18-16-34(17-19-36)27-10-7-6-8-11-27/h5-11,20-21,26,33H,1,4,12-19H2,2-3H3/b30-9+. The first kappa shape index (κ1) is 26.1. The first-order valence-corrected chi connectivity index (χ1v) is 13.1. The molecule has 2 saturated heterocycles. The highest BCUT2D eigenvalue weighted by atomic mass is 16.2. The van der Waals surface area contributed by atoms with Crippen LogP contribution >= 0.6 is 0 Å². The van der Waals surface area contributed by atoms with Crippen LogP contribution in [0.5, 0.6) is 0 Å². The molecule has 6 nitrogen and oxygen atoms in total. The molecule has 2 aromatic carbocycles. The van der Waals surface area contributed by atoms with Crippen molar-refractivity contribution in [2.45, 2.75) is 32.7 Å². The summed E-state index contributed by atoms with van der Waals surface area (Å²) in [6, 6.07) is 17.0. The lowest BCUT2D eigenvalue weighted by atomic mass is 9.99. The SMILES string of the molecule is C=C/C=C(\C(=C)C#N)N1CCC(Nc2cc(C(=O)N3CCN(c4ccccc4)CC3)c(C)cc2C)CC1. The number of aryl methyl sites for hydroxylation is 2. The Hall–Kier alpha value is -3.98. The summed E-state index contributed by atoms with van der Waals surface area (Å²) in [4.78, 5) is 20.0. The van der Waals surface area contributed by atoms with Gasteiger partial charge in [0, 0.05) is 62.2 Å². The van der Waals surface area contributed by atoms with E-state index in [1.54, 1.807) is 6.08 Å². The number of likely N-dealkylation sites (tertiary alicyclic amines) is 1. The number of nitriles is 1. The van der Waals surface area contributed by atoms with Crippen LogP contribution in [0, 0.1) is 25.2 Å². The van der Waals surface area contributed by atoms with Crippen molar-refractivity contribution < 1.29 is 4.79 Å². The number of rotatable bonds is 7. The van der Waals surface area contributed by atoms with Crippen molar-refractivity contribution in [2.75, 3.05) is 49.5 Å². The van der Waals surface area contributed by atoms with Gasteiger partial charge < -0.3 is 20.0 Å². The lowest BCUT2D eigenvalue weighted by Crippen LogP contribution is -2.49. The fourth-order valence-electron chi connectivity index (χ4n) is 5.27. The molecule has 0 atom stereocenters. The topological polar surface area (TPSA) is 62.6 Å². The Labute approximate surface area is 221 Å². The van der Waals surface area contributed by atoms with Crippen LogP contribution in [-0.2, 0) is 0 Å². The molecule has 2 aromatic rings. The minimum atomic E-state index is 0.109. The lowest BCUT2D eigenvalue weighted by molar-refractivity contribution is 0.0746. The number of piperidine rings is 1. The van der Waals surface area contributed by atoms with Crippen molar-refractivity contribution in [3.05, 3.63) is 95.7 Å². The molecule has 0 spiro atoms. The van der Waals surface area contributed by atoms with Gasteiger partial charge >= 0.3 is 0 Å². The van der Waals surface area contributed by atoms with E-state index < -0.39 is 0 Å². The van der Waals surface area contributed by atoms with Gasteiger partial charge in [0.2, 0.25) is 0 Å². The Bertz CT molecular complexity index is 1210. The molecular weight excluding hydrogens is 458 g/mol. The molecule has 0 unspecified atom stereocenters. The van der Waals surface area contributed by atoms with E-state index in [9.17, 15) is 10.1 Å². The molecule has 2 heterocycles. The molecule has 1 N–H and O–H groups in total. The number of amides is 1. The normalized spacial score (nSPS) is 16.8. The third-order valence-corrected chi connectivity index (χ3v) is 7.41. The first-order chi connectivity index (χ1) is 17.9. The van der Waals surface area contributed by atoms with Crippen LogP contribution in [0.2, 0.25) is 0 Å². The van der Waals surface area contributed by atoms with Crippen LogP contribution in [0.25, 0.3) is 0 Å². The molecule has 0 bridgehead atoms. The smallest absolute Gasteiger partial charge is 0.254 e. The first-order valence-electron chi connectivity index (χ1n) is 13.1. The number of hydrogen-bond donors (Lipinski definition) is 1. The molecular formula is C31H37N5O. The number of hydrogen-bond acceptors (Lipinski definition) is 5. The molecule has 0 radical (unpaired) electrons. The number of benzene rings is 2. The van der Waals surface area contributed by atoms with Crippen molar-refractivity contribution in [2.24, 2.45) is 0 Å². The quantitative estimate of drug-likeness (QED) is 0.418. The third-order valence-electron chi connectivity index (χ3n) is 7.41. The third kappa shape index (κ3) is 6.06. The van der Waals surface area contributed by atoms with E-state index in [2.05, 4.69) is 71.6 Å². The average Bonchev–Trinajstić information content (AvgIpc) is 2.93. The number of piperazine rings is 1. The van der Waals surface area contributed by atoms with E-state index in [1.165, 1.54) is 5.69 Å². The molecule has 37 heavy (non-hydrogen) atoms. The molecule has 0 aliphatic carbocycles. The summed E-state index contributed by atoms with van der Waals surface area (Å²) in [6.45, 7) is 16.6. The molecule has 2 aliphatic rings. The van der Waals surface area contributed by atoms with Gasteiger partial charge in [0.1, 0.15) is 6.07 Å². The maximum atomic E-state index is 13.5. The fraction of sp³-hybridized carbons (Fsp3) is 0.355. The van der Waals surface area contributed by atoms with Gasteiger partial charge in [0.25, 0.3) is 5.91 Å². The molecule has 4 rings (SSSR count). The van der Waals surface area contributed by atoms with Crippen molar-refractivity contribution in [1.82, 2.24) is 9.80 Å². The van der Waals surface area contributed by atoms with Crippen LogP contribution in [0.4, 0.5) is 11.4 Å². The van der Waals surface area contributed by atoms with Gasteiger partial charge in [-0.2, -0.15) is 5.26 Å². The predicted molar refractivity (Wildman–Crippen MR) is 152 cm³/mol. The van der Waals surface area contributed by atoms with Gasteiger partial charge in [-0.1, -0.05) is 43.5 Å². The van der Waals surface area contributed by atoms with E-state index >= 15 is 0 Å². The van der Waals surface area contributed by atoms with E-state index in [0.717, 1.165) is 80.2 Å². The zero-order chi connectivity index (χ0) is 26.4. The van der Waals surface area contributed by atoms with Crippen LogP contribution in [-0.4, -0.2) is 61.0 Å². The van der Waals surface area contributed by atoms with Gasteiger partial charge in [-0.25, -0.2) is 0 Å². The number of allylic oxidation sites excluding steroid dienone is 3. The van der Waals surface area contributed by atoms with Gasteiger partial charge in [-0.15, -0.1) is 0 Å². The minimum absolute atomic E-state index is 0.109. The largest absolute Gasteiger partial charge is 0.382 e. The number of carbonyl (C=O) groups is 1. The Morgan fingerprint density at radius 3 is 2.30 bits per heavy atom. The highest BCUT2D eigenvalue weighted by Crippen LogP contribution is 2.27. The minimum Gasteiger partial charge on any atom is -0.382 e. The van der Waals surface area contributed by atoms with Crippen molar-refractivity contribution in [3.63, 3.8) is 0 Å². The summed E-state index contributed by atoms with van der Waals surface area (Å²) in [5.74, 6) is 0.109. The summed E-state index contributed by atoms with van der Waals surface area (Å²) in [5.41, 5.74) is 6.50. The van der Waals surface area contributed by atoms with E-state index in [-0.39, 0.29) is 5.91 Å². The Morgan fingerprint density at radius 1 is 1.00 bits per heavy atom. The van der Waals surface area contributed by atoms with E-state index in [1.807, 2.05) is 30.0 Å². The maximum absolute atomic E-state index is 13.5. The molecule has 0 aromatic heterocycles. The van der Waals surface area contributed by atoms with Crippen molar-refractivity contribution in [1.29, 1.82) is 5.26 Å². The van der Waals surface area contributed by atoms with Gasteiger partial charge in [0.05, 0.1) is 11.3 Å². The summed E-state index contributed by atoms with van der Waals surface area (Å²) < 4.78 is 0. The van der Waals surface area contributed by atoms with Crippen LogP contribution in [0.3, 0.4) is 0 Å². The van der Waals surface area contributed by atoms with Crippen LogP contribution < -0.4 is 10.2 Å². The number of anilines is 2. The molecule has 6 heteroatoms.